The van der Waals surface area contributed by atoms with Crippen molar-refractivity contribution in [2.24, 2.45) is 0 Å². The molecule has 0 fully saturated rings. The van der Waals surface area contributed by atoms with Crippen LogP contribution in [0.15, 0.2) is 36.5 Å². The van der Waals surface area contributed by atoms with Gasteiger partial charge in [-0.05, 0) is 70.6 Å². The van der Waals surface area contributed by atoms with E-state index < -0.39 is 6.10 Å². The van der Waals surface area contributed by atoms with Crippen molar-refractivity contribution in [2.45, 2.75) is 297 Å². The zero-order chi connectivity index (χ0) is 44.9. The van der Waals surface area contributed by atoms with Crippen molar-refractivity contribution in [1.29, 1.82) is 0 Å². The third-order valence-electron chi connectivity index (χ3n) is 12.1. The molecule has 0 heterocycles. The summed E-state index contributed by atoms with van der Waals surface area (Å²) in [5.74, 6) is -0.399. The molecule has 0 radical (unpaired) electrons. The van der Waals surface area contributed by atoms with Gasteiger partial charge in [0, 0.05) is 19.4 Å². The fraction of sp³-hybridized carbons (Fsp3) is 0.860. The summed E-state index contributed by atoms with van der Waals surface area (Å²) >= 11 is 0. The lowest BCUT2D eigenvalue weighted by molar-refractivity contribution is -0.163. The molecular weight excluding hydrogens is 765 g/mol. The fourth-order valence-electron chi connectivity index (χ4n) is 8.01. The number of hydrogen-bond donors (Lipinski definition) is 0. The Bertz CT molecular complexity index is 986. The summed E-state index contributed by atoms with van der Waals surface area (Å²) in [6, 6.07) is 0. The molecule has 0 aliphatic heterocycles. The van der Waals surface area contributed by atoms with Gasteiger partial charge < -0.3 is 14.2 Å². The van der Waals surface area contributed by atoms with Crippen LogP contribution in [0.3, 0.4) is 0 Å². The van der Waals surface area contributed by atoms with Crippen LogP contribution in [0.5, 0.6) is 0 Å². The van der Waals surface area contributed by atoms with E-state index in [1.165, 1.54) is 199 Å². The van der Waals surface area contributed by atoms with Gasteiger partial charge in [-0.3, -0.25) is 9.59 Å². The highest BCUT2D eigenvalue weighted by atomic mass is 16.6. The Kier molecular flexibility index (Phi) is 51.8. The molecule has 0 aromatic rings. The maximum absolute atomic E-state index is 12.8. The molecule has 0 amide bonds. The zero-order valence-corrected chi connectivity index (χ0v) is 41.9. The minimum absolute atomic E-state index is 0.0835. The maximum atomic E-state index is 12.8. The Balaban J connectivity index is 4.23. The van der Waals surface area contributed by atoms with Crippen molar-refractivity contribution in [3.05, 3.63) is 36.5 Å². The third kappa shape index (κ3) is 50.8. The van der Waals surface area contributed by atoms with Crippen LogP contribution in [0.4, 0.5) is 0 Å². The molecule has 5 heteroatoms. The maximum Gasteiger partial charge on any atom is 0.306 e. The first-order valence-electron chi connectivity index (χ1n) is 27.5. The monoisotopic (exact) mass is 871 g/mol. The molecule has 364 valence electrons. The molecule has 0 saturated heterocycles. The van der Waals surface area contributed by atoms with Crippen LogP contribution in [0, 0.1) is 0 Å². The van der Waals surface area contributed by atoms with Crippen LogP contribution in [0.1, 0.15) is 290 Å². The lowest BCUT2D eigenvalue weighted by Crippen LogP contribution is -2.30. The highest BCUT2D eigenvalue weighted by Gasteiger charge is 2.17. The van der Waals surface area contributed by atoms with E-state index >= 15 is 0 Å². The molecule has 5 nitrogen and oxygen atoms in total. The van der Waals surface area contributed by atoms with Gasteiger partial charge in [0.1, 0.15) is 6.61 Å². The van der Waals surface area contributed by atoms with Crippen molar-refractivity contribution >= 4 is 11.9 Å². The van der Waals surface area contributed by atoms with Gasteiger partial charge in [-0.15, -0.1) is 0 Å². The van der Waals surface area contributed by atoms with Gasteiger partial charge >= 0.3 is 11.9 Å². The average molecular weight is 871 g/mol. The van der Waals surface area contributed by atoms with Crippen LogP contribution >= 0.6 is 0 Å². The SMILES string of the molecule is CCC/C=C\C/C=C\CCCCCCCC(=O)OC(COCCCCCCCCCC/C=C\CCCCCCCC)COC(=O)CCCCCCCCCCCCCCCCC. The van der Waals surface area contributed by atoms with E-state index in [2.05, 4.69) is 57.2 Å². The number of unbranched alkanes of at least 4 members (excludes halogenated alkanes) is 34. The van der Waals surface area contributed by atoms with Crippen LogP contribution in [0.2, 0.25) is 0 Å². The summed E-state index contributed by atoms with van der Waals surface area (Å²) in [5, 5.41) is 0. The largest absolute Gasteiger partial charge is 0.462 e. The second kappa shape index (κ2) is 53.5. The van der Waals surface area contributed by atoms with Crippen molar-refractivity contribution in [1.82, 2.24) is 0 Å². The topological polar surface area (TPSA) is 61.8 Å². The Morgan fingerprint density at radius 1 is 0.355 bits per heavy atom. The third-order valence-corrected chi connectivity index (χ3v) is 12.1. The summed E-state index contributed by atoms with van der Waals surface area (Å²) < 4.78 is 17.4. The lowest BCUT2D eigenvalue weighted by atomic mass is 10.0. The highest BCUT2D eigenvalue weighted by Crippen LogP contribution is 2.16. The van der Waals surface area contributed by atoms with E-state index in [-0.39, 0.29) is 25.2 Å². The molecule has 0 bridgehead atoms. The van der Waals surface area contributed by atoms with Crippen molar-refractivity contribution in [2.75, 3.05) is 19.8 Å². The Labute approximate surface area is 387 Å². The lowest BCUT2D eigenvalue weighted by Gasteiger charge is -2.18. The van der Waals surface area contributed by atoms with Crippen LogP contribution < -0.4 is 0 Å². The normalized spacial score (nSPS) is 12.4. The number of carbonyl (C=O) groups is 2. The molecule has 62 heavy (non-hydrogen) atoms. The predicted octanol–water partition coefficient (Wildman–Crippen LogP) is 18.6. The summed E-state index contributed by atoms with van der Waals surface area (Å²) in [5.41, 5.74) is 0. The first kappa shape index (κ1) is 60.1. The molecule has 1 unspecified atom stereocenters. The number of carbonyl (C=O) groups excluding carboxylic acids is 2. The zero-order valence-electron chi connectivity index (χ0n) is 41.9. The number of esters is 2. The molecule has 0 saturated carbocycles. The van der Waals surface area contributed by atoms with E-state index in [0.29, 0.717) is 19.4 Å². The molecular formula is C57H106O5. The number of allylic oxidation sites excluding steroid dienone is 6. The van der Waals surface area contributed by atoms with E-state index in [4.69, 9.17) is 14.2 Å². The molecule has 0 spiro atoms. The van der Waals surface area contributed by atoms with Gasteiger partial charge in [-0.2, -0.15) is 0 Å². The molecule has 0 aromatic heterocycles. The molecule has 0 aromatic carbocycles. The van der Waals surface area contributed by atoms with Gasteiger partial charge in [0.2, 0.25) is 0 Å². The van der Waals surface area contributed by atoms with Gasteiger partial charge in [0.25, 0.3) is 0 Å². The summed E-state index contributed by atoms with van der Waals surface area (Å²) in [4.78, 5) is 25.4. The highest BCUT2D eigenvalue weighted by molar-refractivity contribution is 5.70. The second-order valence-corrected chi connectivity index (χ2v) is 18.5. The van der Waals surface area contributed by atoms with Crippen molar-refractivity contribution in [3.8, 4) is 0 Å². The van der Waals surface area contributed by atoms with Gasteiger partial charge in [0.05, 0.1) is 6.61 Å². The average Bonchev–Trinajstić information content (AvgIpc) is 3.27. The number of rotatable bonds is 51. The van der Waals surface area contributed by atoms with Crippen LogP contribution in [-0.2, 0) is 23.8 Å². The fourth-order valence-corrected chi connectivity index (χ4v) is 8.01. The summed E-state index contributed by atoms with van der Waals surface area (Å²) in [7, 11) is 0. The van der Waals surface area contributed by atoms with Gasteiger partial charge in [-0.25, -0.2) is 0 Å². The Hall–Kier alpha value is -1.88. The van der Waals surface area contributed by atoms with Crippen LogP contribution in [0.25, 0.3) is 0 Å². The van der Waals surface area contributed by atoms with Crippen molar-refractivity contribution < 1.29 is 23.8 Å². The molecule has 0 aliphatic rings. The Morgan fingerprint density at radius 2 is 0.710 bits per heavy atom. The molecule has 0 aliphatic carbocycles. The van der Waals surface area contributed by atoms with E-state index in [1.54, 1.807) is 0 Å². The number of ether oxygens (including phenoxy) is 3. The first-order chi connectivity index (χ1) is 30.6. The smallest absolute Gasteiger partial charge is 0.306 e. The summed E-state index contributed by atoms with van der Waals surface area (Å²) in [6.07, 6.45) is 64.4. The van der Waals surface area contributed by atoms with E-state index in [0.717, 1.165) is 57.8 Å². The first-order valence-corrected chi connectivity index (χ1v) is 27.5. The minimum Gasteiger partial charge on any atom is -0.462 e. The molecule has 0 rings (SSSR count). The van der Waals surface area contributed by atoms with Gasteiger partial charge in [0.15, 0.2) is 6.10 Å². The number of hydrogen-bond acceptors (Lipinski definition) is 5. The van der Waals surface area contributed by atoms with Crippen molar-refractivity contribution in [3.63, 3.8) is 0 Å². The molecule has 0 N–H and O–H groups in total. The second-order valence-electron chi connectivity index (χ2n) is 18.5. The van der Waals surface area contributed by atoms with E-state index in [9.17, 15) is 9.59 Å². The molecule has 1 atom stereocenters. The Morgan fingerprint density at radius 3 is 1.15 bits per heavy atom. The van der Waals surface area contributed by atoms with Crippen LogP contribution in [-0.4, -0.2) is 37.9 Å². The standard InChI is InChI=1S/C57H106O5/c1-4-7-10-13-16-19-22-25-27-28-29-31-34-37-40-43-46-49-52-60-53-55(62-57(59)51-48-45-42-39-36-32-24-21-18-15-12-9-6-3)54-61-56(58)50-47-44-41-38-35-33-30-26-23-20-17-14-11-8-5-2/h12,15,21,24-25,27,55H,4-11,13-14,16-20,22-23,26,28-54H2,1-3H3/b15-12-,24-21-,27-25-. The summed E-state index contributed by atoms with van der Waals surface area (Å²) in [6.45, 7) is 7.79. The van der Waals surface area contributed by atoms with Gasteiger partial charge in [-0.1, -0.05) is 243 Å². The minimum atomic E-state index is -0.540. The predicted molar refractivity (Wildman–Crippen MR) is 270 cm³/mol. The van der Waals surface area contributed by atoms with E-state index in [1.807, 2.05) is 0 Å². The quantitative estimate of drug-likeness (QED) is 0.0346.